The van der Waals surface area contributed by atoms with E-state index in [0.29, 0.717) is 48.8 Å². The maximum atomic E-state index is 15.0. The van der Waals surface area contributed by atoms with E-state index in [1.54, 1.807) is 31.0 Å². The van der Waals surface area contributed by atoms with Gasteiger partial charge in [0.2, 0.25) is 0 Å². The van der Waals surface area contributed by atoms with Crippen LogP contribution in [0, 0.1) is 12.7 Å². The van der Waals surface area contributed by atoms with Crippen molar-refractivity contribution in [3.63, 3.8) is 0 Å². The second kappa shape index (κ2) is 9.30. The zero-order valence-corrected chi connectivity index (χ0v) is 19.1. The van der Waals surface area contributed by atoms with E-state index in [1.807, 2.05) is 4.90 Å². The Morgan fingerprint density at radius 3 is 2.61 bits per heavy atom. The van der Waals surface area contributed by atoms with Crippen LogP contribution in [0.1, 0.15) is 16.1 Å². The van der Waals surface area contributed by atoms with E-state index in [9.17, 15) is 18.8 Å². The van der Waals surface area contributed by atoms with Crippen molar-refractivity contribution in [1.82, 2.24) is 15.0 Å². The number of hydrogen-bond acceptors (Lipinski definition) is 7. The number of likely N-dealkylation sites (N-methyl/N-ethyl adjacent to an activating group) is 1. The van der Waals surface area contributed by atoms with Crippen molar-refractivity contribution in [2.45, 2.75) is 13.0 Å². The topological polar surface area (TPSA) is 99.4 Å². The predicted molar refractivity (Wildman–Crippen MR) is 120 cm³/mol. The number of amides is 3. The van der Waals surface area contributed by atoms with Gasteiger partial charge in [-0.05, 0) is 25.1 Å². The molecule has 0 bridgehead atoms. The van der Waals surface area contributed by atoms with Crippen LogP contribution in [0.3, 0.4) is 0 Å². The number of hydrogen-bond donors (Lipinski definition) is 1. The predicted octanol–water partition coefficient (Wildman–Crippen LogP) is 2.39. The van der Waals surface area contributed by atoms with Crippen molar-refractivity contribution in [2.75, 3.05) is 56.1 Å². The highest BCUT2D eigenvalue weighted by Gasteiger charge is 2.34. The summed E-state index contributed by atoms with van der Waals surface area (Å²) in [5.74, 6) is -0.627. The lowest BCUT2D eigenvalue weighted by molar-refractivity contribution is 0.0745. The van der Waals surface area contributed by atoms with Gasteiger partial charge >= 0.3 is 6.09 Å². The van der Waals surface area contributed by atoms with E-state index in [1.165, 1.54) is 22.1 Å². The lowest BCUT2D eigenvalue weighted by atomic mass is 10.2. The van der Waals surface area contributed by atoms with Crippen molar-refractivity contribution in [2.24, 2.45) is 0 Å². The number of benzene rings is 1. The quantitative estimate of drug-likeness (QED) is 0.660. The van der Waals surface area contributed by atoms with E-state index >= 15 is 0 Å². The average Bonchev–Trinajstić information content (AvgIpc) is 3.38. The van der Waals surface area contributed by atoms with Crippen molar-refractivity contribution >= 4 is 41.2 Å². The van der Waals surface area contributed by atoms with Crippen LogP contribution in [0.5, 0.6) is 0 Å². The third-order valence-electron chi connectivity index (χ3n) is 5.81. The van der Waals surface area contributed by atoms with Gasteiger partial charge in [-0.1, -0.05) is 17.8 Å². The maximum Gasteiger partial charge on any atom is 0.414 e. The van der Waals surface area contributed by atoms with Crippen LogP contribution in [-0.4, -0.2) is 84.6 Å². The molecule has 1 aromatic heterocycles. The van der Waals surface area contributed by atoms with Crippen LogP contribution >= 0.6 is 12.6 Å². The summed E-state index contributed by atoms with van der Waals surface area (Å²) in [5, 5.41) is 3.31. The molecule has 10 nitrogen and oxygen atoms in total. The lowest BCUT2D eigenvalue weighted by Gasteiger charge is -2.36. The third kappa shape index (κ3) is 4.75. The molecule has 12 heteroatoms. The molecule has 3 heterocycles. The summed E-state index contributed by atoms with van der Waals surface area (Å²) in [7, 11) is 1.56. The molecule has 1 atom stereocenters. The molecular formula is C21H24FN5O5S. The second-order valence-corrected chi connectivity index (χ2v) is 8.39. The Hall–Kier alpha value is -3.28. The zero-order valence-electron chi connectivity index (χ0n) is 18.2. The van der Waals surface area contributed by atoms with Gasteiger partial charge in [0.25, 0.3) is 11.1 Å². The minimum absolute atomic E-state index is 0.156. The fraction of sp³-hybridized carbons (Fsp3) is 0.429. The van der Waals surface area contributed by atoms with Gasteiger partial charge in [-0.15, -0.1) is 0 Å². The summed E-state index contributed by atoms with van der Waals surface area (Å²) >= 11 is 3.74. The van der Waals surface area contributed by atoms with E-state index in [-0.39, 0.29) is 19.0 Å². The number of nitrogens with zero attached hydrogens (tertiary/aromatic N) is 5. The van der Waals surface area contributed by atoms with Gasteiger partial charge < -0.3 is 24.0 Å². The van der Waals surface area contributed by atoms with Gasteiger partial charge in [-0.25, -0.2) is 9.18 Å². The van der Waals surface area contributed by atoms with Gasteiger partial charge in [0.1, 0.15) is 23.7 Å². The fourth-order valence-electron chi connectivity index (χ4n) is 3.95. The van der Waals surface area contributed by atoms with Crippen LogP contribution in [0.25, 0.3) is 0 Å². The van der Waals surface area contributed by atoms with Crippen LogP contribution in [0.15, 0.2) is 29.0 Å². The first kappa shape index (κ1) is 22.9. The summed E-state index contributed by atoms with van der Waals surface area (Å²) in [5.41, 5.74) is 1.74. The summed E-state index contributed by atoms with van der Waals surface area (Å²) in [6.45, 7) is 3.90. The molecule has 2 aliphatic rings. The van der Waals surface area contributed by atoms with Crippen LogP contribution in [-0.2, 0) is 4.74 Å². The Morgan fingerprint density at radius 2 is 2.00 bits per heavy atom. The molecule has 3 amide bonds. The monoisotopic (exact) mass is 477 g/mol. The zero-order chi connectivity index (χ0) is 23.7. The summed E-state index contributed by atoms with van der Waals surface area (Å²) < 4.78 is 25.1. The molecule has 33 heavy (non-hydrogen) atoms. The second-order valence-electron chi connectivity index (χ2n) is 8.01. The van der Waals surface area contributed by atoms with E-state index < -0.39 is 23.3 Å². The lowest BCUT2D eigenvalue weighted by Crippen LogP contribution is -2.49. The Labute approximate surface area is 195 Å². The fourth-order valence-corrected chi connectivity index (χ4v) is 4.03. The first-order valence-electron chi connectivity index (χ1n) is 10.4. The van der Waals surface area contributed by atoms with E-state index in [4.69, 9.17) is 9.26 Å². The number of cyclic esters (lactones) is 1. The molecule has 2 aromatic rings. The first-order valence-corrected chi connectivity index (χ1v) is 10.9. The Kier molecular flexibility index (Phi) is 6.45. The standard InChI is InChI=1S/C21H24FN5O5S/c1-13-16(12-31-23-13)19(28)26-7-5-25(6-8-26)18-4-3-14(9-17(18)22)27-11-15(32-20(27)29)10-24(2)21(30)33/h3-4,9,12,15H,5-8,10-11H2,1-2H3,(H,30,33)/t15-/m1/s1. The molecule has 2 fully saturated rings. The highest BCUT2D eigenvalue weighted by molar-refractivity contribution is 7.96. The Morgan fingerprint density at radius 1 is 1.27 bits per heavy atom. The number of aryl methyl sites for hydroxylation is 1. The highest BCUT2D eigenvalue weighted by atomic mass is 32.1. The highest BCUT2D eigenvalue weighted by Crippen LogP contribution is 2.29. The van der Waals surface area contributed by atoms with Gasteiger partial charge in [0, 0.05) is 33.2 Å². The van der Waals surface area contributed by atoms with Crippen molar-refractivity contribution in [3.8, 4) is 0 Å². The number of anilines is 2. The third-order valence-corrected chi connectivity index (χ3v) is 6.15. The summed E-state index contributed by atoms with van der Waals surface area (Å²) in [4.78, 5) is 42.4. The van der Waals surface area contributed by atoms with Crippen molar-refractivity contribution in [3.05, 3.63) is 41.5 Å². The largest absolute Gasteiger partial charge is 0.442 e. The molecule has 0 radical (unpaired) electrons. The number of halogens is 1. The number of rotatable bonds is 5. The molecule has 0 saturated carbocycles. The number of carbonyl (C=O) groups excluding carboxylic acids is 3. The maximum absolute atomic E-state index is 15.0. The van der Waals surface area contributed by atoms with Gasteiger partial charge in [-0.2, -0.15) is 0 Å². The molecular weight excluding hydrogens is 453 g/mol. The molecule has 1 aromatic carbocycles. The van der Waals surface area contributed by atoms with Crippen LogP contribution in [0.2, 0.25) is 0 Å². The van der Waals surface area contributed by atoms with E-state index in [0.717, 1.165) is 0 Å². The Balaban J connectivity index is 1.38. The van der Waals surface area contributed by atoms with E-state index in [2.05, 4.69) is 17.8 Å². The minimum atomic E-state index is -0.594. The smallest absolute Gasteiger partial charge is 0.414 e. The van der Waals surface area contributed by atoms with Crippen LogP contribution < -0.4 is 9.80 Å². The molecule has 2 saturated heterocycles. The van der Waals surface area contributed by atoms with Crippen LogP contribution in [0.4, 0.5) is 25.4 Å². The number of ether oxygens (including phenoxy) is 1. The molecule has 2 aliphatic heterocycles. The number of piperazine rings is 1. The normalized spacial score (nSPS) is 18.5. The minimum Gasteiger partial charge on any atom is -0.442 e. The first-order chi connectivity index (χ1) is 15.7. The number of thiol groups is 1. The molecule has 0 aliphatic carbocycles. The van der Waals surface area contributed by atoms with Gasteiger partial charge in [-0.3, -0.25) is 14.5 Å². The van der Waals surface area contributed by atoms with Gasteiger partial charge in [0.15, 0.2) is 0 Å². The molecule has 0 spiro atoms. The summed E-state index contributed by atoms with van der Waals surface area (Å²) in [6, 6.07) is 4.58. The SMILES string of the molecule is Cc1nocc1C(=O)N1CCN(c2ccc(N3C[C@@H](CN(C)C(=O)S)OC3=O)cc2F)CC1. The molecule has 176 valence electrons. The number of carbonyl (C=O) groups is 3. The van der Waals surface area contributed by atoms with Gasteiger partial charge in [0.05, 0.1) is 30.2 Å². The Bertz CT molecular complexity index is 1070. The van der Waals surface area contributed by atoms with Crippen molar-refractivity contribution in [1.29, 1.82) is 0 Å². The summed E-state index contributed by atoms with van der Waals surface area (Å²) in [6.07, 6.45) is 0.217. The molecule has 0 unspecified atom stereocenters. The average molecular weight is 478 g/mol. The molecule has 4 rings (SSSR count). The molecule has 0 N–H and O–H groups in total. The van der Waals surface area contributed by atoms with Crippen molar-refractivity contribution < 1.29 is 28.0 Å². The number of aromatic nitrogens is 1.